The van der Waals surface area contributed by atoms with Gasteiger partial charge in [0.25, 0.3) is 0 Å². The summed E-state index contributed by atoms with van der Waals surface area (Å²) in [5, 5.41) is 0. The highest BCUT2D eigenvalue weighted by atomic mass is 32.1. The molecule has 0 saturated heterocycles. The highest BCUT2D eigenvalue weighted by Crippen LogP contribution is 2.15. The Morgan fingerprint density at radius 2 is 2.46 bits per heavy atom. The number of nitrogens with one attached hydrogen (secondary N) is 1. The Hall–Kier alpha value is -1.07. The first kappa shape index (κ1) is 8.52. The normalized spacial score (nSPS) is 15.1. The maximum absolute atomic E-state index is 10.7. The molecule has 4 nitrogen and oxygen atoms in total. The molecule has 0 aliphatic carbocycles. The fourth-order valence-electron chi connectivity index (χ4n) is 1.38. The van der Waals surface area contributed by atoms with Crippen molar-refractivity contribution in [2.45, 2.75) is 13.0 Å². The average molecular weight is 196 g/mol. The Labute approximate surface area is 80.0 Å². The third-order valence-electron chi connectivity index (χ3n) is 2.01. The van der Waals surface area contributed by atoms with Gasteiger partial charge >= 0.3 is 0 Å². The number of ether oxygens (including phenoxy) is 1. The lowest BCUT2D eigenvalue weighted by Crippen LogP contribution is -2.15. The van der Waals surface area contributed by atoms with Crippen LogP contribution in [0.5, 0.6) is 0 Å². The Balaban J connectivity index is 2.63. The summed E-state index contributed by atoms with van der Waals surface area (Å²) < 4.78 is 5.59. The molecule has 1 aromatic heterocycles. The van der Waals surface area contributed by atoms with E-state index >= 15 is 0 Å². The fraction of sp³-hybridized carbons (Fsp3) is 0.375. The topological polar surface area (TPSA) is 55.0 Å². The number of hydrogen-bond donors (Lipinski definition) is 1. The Morgan fingerprint density at radius 3 is 3.23 bits per heavy atom. The fourth-order valence-corrected chi connectivity index (χ4v) is 1.61. The maximum Gasteiger partial charge on any atom is 0.197 e. The van der Waals surface area contributed by atoms with E-state index in [0.29, 0.717) is 23.7 Å². The monoisotopic (exact) mass is 196 g/mol. The number of fused-ring (bicyclic) bond motifs is 1. The number of H-pyrrole nitrogens is 1. The number of nitrogens with zero attached hydrogens (tertiary/aromatic N) is 1. The van der Waals surface area contributed by atoms with E-state index in [-0.39, 0.29) is 0 Å². The zero-order chi connectivity index (χ0) is 9.26. The van der Waals surface area contributed by atoms with Crippen molar-refractivity contribution in [2.24, 2.45) is 0 Å². The number of aromatic nitrogens is 2. The van der Waals surface area contributed by atoms with Crippen molar-refractivity contribution in [1.82, 2.24) is 9.97 Å². The van der Waals surface area contributed by atoms with Crippen LogP contribution in [0.4, 0.5) is 0 Å². The minimum atomic E-state index is 0.364. The molecular formula is C8H8N2O2S. The van der Waals surface area contributed by atoms with E-state index in [0.717, 1.165) is 24.0 Å². The summed E-state index contributed by atoms with van der Waals surface area (Å²) in [5.41, 5.74) is 2.22. The van der Waals surface area contributed by atoms with E-state index < -0.39 is 0 Å². The van der Waals surface area contributed by atoms with E-state index in [2.05, 4.69) is 9.97 Å². The van der Waals surface area contributed by atoms with Crippen LogP contribution in [0.15, 0.2) is 0 Å². The summed E-state index contributed by atoms with van der Waals surface area (Å²) in [6.07, 6.45) is 1.49. The molecule has 0 fully saturated rings. The molecule has 2 heterocycles. The molecule has 1 aliphatic rings. The average Bonchev–Trinajstić information content (AvgIpc) is 2.16. The van der Waals surface area contributed by atoms with Gasteiger partial charge in [-0.1, -0.05) is 0 Å². The van der Waals surface area contributed by atoms with Crippen molar-refractivity contribution < 1.29 is 9.53 Å². The number of rotatable bonds is 1. The van der Waals surface area contributed by atoms with Gasteiger partial charge in [-0.15, -0.1) is 0 Å². The minimum Gasteiger partial charge on any atom is -0.376 e. The van der Waals surface area contributed by atoms with Gasteiger partial charge in [-0.2, -0.15) is 0 Å². The van der Waals surface area contributed by atoms with Crippen molar-refractivity contribution in [3.63, 3.8) is 0 Å². The lowest BCUT2D eigenvalue weighted by molar-refractivity contribution is 0.103. The molecule has 1 N–H and O–H groups in total. The second kappa shape index (κ2) is 3.35. The second-order valence-electron chi connectivity index (χ2n) is 2.80. The van der Waals surface area contributed by atoms with Crippen molar-refractivity contribution in [1.29, 1.82) is 0 Å². The summed E-state index contributed by atoms with van der Waals surface area (Å²) >= 11 is 4.88. The molecule has 0 atom stereocenters. The Morgan fingerprint density at radius 1 is 1.62 bits per heavy atom. The molecule has 0 amide bonds. The second-order valence-corrected chi connectivity index (χ2v) is 3.19. The van der Waals surface area contributed by atoms with Crippen LogP contribution < -0.4 is 0 Å². The highest BCUT2D eigenvalue weighted by Gasteiger charge is 2.14. The number of aromatic amines is 1. The van der Waals surface area contributed by atoms with Gasteiger partial charge in [0, 0.05) is 17.7 Å². The third-order valence-corrected chi connectivity index (χ3v) is 2.20. The molecular weight excluding hydrogens is 188 g/mol. The Bertz CT molecular complexity index is 400. The van der Waals surface area contributed by atoms with E-state index in [1.54, 1.807) is 0 Å². The number of carbonyl (C=O) groups is 1. The van der Waals surface area contributed by atoms with Crippen molar-refractivity contribution in [3.8, 4) is 0 Å². The first-order chi connectivity index (χ1) is 6.31. The standard InChI is InChI=1S/C8H8N2O2S/c11-3-7-5-4-12-2-1-6(5)9-8(13)10-7/h3H,1-2,4H2,(H,9,10,13). The molecule has 1 aromatic rings. The zero-order valence-corrected chi connectivity index (χ0v) is 7.69. The minimum absolute atomic E-state index is 0.364. The lowest BCUT2D eigenvalue weighted by atomic mass is 10.1. The van der Waals surface area contributed by atoms with Crippen molar-refractivity contribution >= 4 is 18.5 Å². The summed E-state index contributed by atoms with van der Waals surface area (Å²) in [6, 6.07) is 0. The van der Waals surface area contributed by atoms with Crippen molar-refractivity contribution in [2.75, 3.05) is 6.61 Å². The summed E-state index contributed by atoms with van der Waals surface area (Å²) in [7, 11) is 0. The van der Waals surface area contributed by atoms with E-state index in [1.807, 2.05) is 0 Å². The summed E-state index contributed by atoms with van der Waals surface area (Å²) in [6.45, 7) is 1.11. The maximum atomic E-state index is 10.7. The van der Waals surface area contributed by atoms with Gasteiger partial charge in [0.15, 0.2) is 11.1 Å². The van der Waals surface area contributed by atoms with E-state index in [9.17, 15) is 4.79 Å². The molecule has 2 rings (SSSR count). The summed E-state index contributed by atoms with van der Waals surface area (Å²) in [5.74, 6) is 0. The molecule has 0 bridgehead atoms. The van der Waals surface area contributed by atoms with Crippen LogP contribution in [-0.4, -0.2) is 22.9 Å². The predicted molar refractivity (Wildman–Crippen MR) is 48.2 cm³/mol. The van der Waals surface area contributed by atoms with Gasteiger partial charge in [0.1, 0.15) is 5.69 Å². The zero-order valence-electron chi connectivity index (χ0n) is 6.87. The van der Waals surface area contributed by atoms with E-state index in [4.69, 9.17) is 17.0 Å². The van der Waals surface area contributed by atoms with Gasteiger partial charge in [-0.3, -0.25) is 4.79 Å². The SMILES string of the molecule is O=Cc1nc(=S)[nH]c2c1COCC2. The molecule has 5 heteroatoms. The highest BCUT2D eigenvalue weighted by molar-refractivity contribution is 7.71. The molecule has 1 aliphatic heterocycles. The largest absolute Gasteiger partial charge is 0.376 e. The van der Waals surface area contributed by atoms with Crippen molar-refractivity contribution in [3.05, 3.63) is 21.7 Å². The first-order valence-corrected chi connectivity index (χ1v) is 4.37. The smallest absolute Gasteiger partial charge is 0.197 e. The molecule has 0 radical (unpaired) electrons. The van der Waals surface area contributed by atoms with Gasteiger partial charge in [-0.05, 0) is 12.2 Å². The quantitative estimate of drug-likeness (QED) is 0.538. The molecule has 0 spiro atoms. The molecule has 0 saturated carbocycles. The molecule has 0 aromatic carbocycles. The van der Waals surface area contributed by atoms with Crippen LogP contribution in [0, 0.1) is 4.77 Å². The number of hydrogen-bond acceptors (Lipinski definition) is 4. The predicted octanol–water partition coefficient (Wildman–Crippen LogP) is 1.02. The number of carbonyl (C=O) groups excluding carboxylic acids is 1. The molecule has 0 unspecified atom stereocenters. The molecule has 13 heavy (non-hydrogen) atoms. The van der Waals surface area contributed by atoms with Crippen LogP contribution in [0.25, 0.3) is 0 Å². The first-order valence-electron chi connectivity index (χ1n) is 3.96. The van der Waals surface area contributed by atoms with Gasteiger partial charge in [-0.25, -0.2) is 4.98 Å². The third kappa shape index (κ3) is 1.52. The van der Waals surface area contributed by atoms with Crippen LogP contribution >= 0.6 is 12.2 Å². The van der Waals surface area contributed by atoms with Crippen LogP contribution in [0.3, 0.4) is 0 Å². The van der Waals surface area contributed by atoms with Crippen LogP contribution in [0.1, 0.15) is 21.7 Å². The Kier molecular flexibility index (Phi) is 2.20. The van der Waals surface area contributed by atoms with Gasteiger partial charge in [0.2, 0.25) is 0 Å². The summed E-state index contributed by atoms with van der Waals surface area (Å²) in [4.78, 5) is 17.5. The van der Waals surface area contributed by atoms with Gasteiger partial charge < -0.3 is 9.72 Å². The lowest BCUT2D eigenvalue weighted by Gasteiger charge is -2.16. The number of aldehydes is 1. The van der Waals surface area contributed by atoms with E-state index in [1.165, 1.54) is 0 Å². The van der Waals surface area contributed by atoms with Crippen LogP contribution in [-0.2, 0) is 17.8 Å². The van der Waals surface area contributed by atoms with Gasteiger partial charge in [0.05, 0.1) is 13.2 Å². The molecule has 68 valence electrons. The van der Waals surface area contributed by atoms with Crippen LogP contribution in [0.2, 0.25) is 0 Å².